The first kappa shape index (κ1) is 11.5. The number of alkyl halides is 3. The lowest BCUT2D eigenvalue weighted by molar-refractivity contribution is -0.207. The van der Waals surface area contributed by atoms with Crippen LogP contribution in [-0.4, -0.2) is 11.3 Å². The van der Waals surface area contributed by atoms with E-state index in [0.29, 0.717) is 10.0 Å². The molecule has 78 valence electrons. The molecule has 1 aromatic carbocycles. The van der Waals surface area contributed by atoms with Gasteiger partial charge in [0.05, 0.1) is 0 Å². The van der Waals surface area contributed by atoms with Gasteiger partial charge in [-0.3, -0.25) is 0 Å². The van der Waals surface area contributed by atoms with Crippen molar-refractivity contribution < 1.29 is 18.3 Å². The third kappa shape index (κ3) is 2.27. The fourth-order valence-corrected chi connectivity index (χ4v) is 1.48. The second-order valence-corrected chi connectivity index (χ2v) is 3.75. The monoisotopic (exact) mass is 268 g/mol. The molecule has 1 aromatic rings. The van der Waals surface area contributed by atoms with Crippen LogP contribution in [0.1, 0.15) is 17.2 Å². The molecule has 0 aromatic heterocycles. The molecule has 1 unspecified atom stereocenters. The third-order valence-electron chi connectivity index (χ3n) is 1.91. The molecule has 14 heavy (non-hydrogen) atoms. The van der Waals surface area contributed by atoms with Crippen LogP contribution in [0.2, 0.25) is 0 Å². The van der Waals surface area contributed by atoms with Gasteiger partial charge in [-0.15, -0.1) is 0 Å². The molecule has 0 saturated carbocycles. The number of aliphatic hydroxyl groups excluding tert-OH is 1. The van der Waals surface area contributed by atoms with Crippen LogP contribution in [0, 0.1) is 6.92 Å². The summed E-state index contributed by atoms with van der Waals surface area (Å²) in [4.78, 5) is 0. The smallest absolute Gasteiger partial charge is 0.379 e. The molecular formula is C9H8BrF3O. The van der Waals surface area contributed by atoms with Gasteiger partial charge in [0, 0.05) is 4.47 Å². The van der Waals surface area contributed by atoms with Crippen LogP contribution in [0.5, 0.6) is 0 Å². The van der Waals surface area contributed by atoms with Gasteiger partial charge in [-0.2, -0.15) is 13.2 Å². The largest absolute Gasteiger partial charge is 0.418 e. The summed E-state index contributed by atoms with van der Waals surface area (Å²) in [6, 6.07) is 4.35. The quantitative estimate of drug-likeness (QED) is 0.828. The van der Waals surface area contributed by atoms with E-state index in [1.165, 1.54) is 19.1 Å². The van der Waals surface area contributed by atoms with Gasteiger partial charge in [0.2, 0.25) is 0 Å². The summed E-state index contributed by atoms with van der Waals surface area (Å²) in [5.74, 6) is 0. The van der Waals surface area contributed by atoms with Crippen LogP contribution in [0.15, 0.2) is 22.7 Å². The van der Waals surface area contributed by atoms with Crippen molar-refractivity contribution in [3.8, 4) is 0 Å². The maximum atomic E-state index is 12.2. The fourth-order valence-electron chi connectivity index (χ4n) is 1.10. The molecule has 1 N–H and O–H groups in total. The van der Waals surface area contributed by atoms with Crippen LogP contribution in [0.3, 0.4) is 0 Å². The maximum absolute atomic E-state index is 12.2. The lowest BCUT2D eigenvalue weighted by Crippen LogP contribution is -2.21. The zero-order valence-electron chi connectivity index (χ0n) is 7.27. The zero-order chi connectivity index (χ0) is 10.9. The van der Waals surface area contributed by atoms with Gasteiger partial charge < -0.3 is 5.11 Å². The SMILES string of the molecule is Cc1c(Br)cccc1C(O)C(F)(F)F. The Hall–Kier alpha value is -0.550. The summed E-state index contributed by atoms with van der Waals surface area (Å²) < 4.78 is 37.1. The highest BCUT2D eigenvalue weighted by Gasteiger charge is 2.40. The molecule has 0 aliphatic carbocycles. The van der Waals surface area contributed by atoms with E-state index in [1.54, 1.807) is 6.07 Å². The van der Waals surface area contributed by atoms with Crippen LogP contribution >= 0.6 is 15.9 Å². The molecule has 1 nitrogen and oxygen atoms in total. The van der Waals surface area contributed by atoms with Crippen LogP contribution in [0.25, 0.3) is 0 Å². The van der Waals surface area contributed by atoms with E-state index >= 15 is 0 Å². The summed E-state index contributed by atoms with van der Waals surface area (Å²) in [7, 11) is 0. The van der Waals surface area contributed by atoms with Gasteiger partial charge in [-0.05, 0) is 24.1 Å². The predicted molar refractivity (Wildman–Crippen MR) is 49.9 cm³/mol. The second kappa shape index (κ2) is 3.90. The standard InChI is InChI=1S/C9H8BrF3O/c1-5-6(3-2-4-7(5)10)8(14)9(11,12)13/h2-4,8,14H,1H3. The van der Waals surface area contributed by atoms with Crippen molar-refractivity contribution in [3.05, 3.63) is 33.8 Å². The van der Waals surface area contributed by atoms with Crippen LogP contribution in [-0.2, 0) is 0 Å². The number of aliphatic hydroxyl groups is 1. The summed E-state index contributed by atoms with van der Waals surface area (Å²) in [5.41, 5.74) is 0.282. The molecule has 0 heterocycles. The van der Waals surface area contributed by atoms with E-state index < -0.39 is 12.3 Å². The van der Waals surface area contributed by atoms with Crippen molar-refractivity contribution >= 4 is 15.9 Å². The molecular weight excluding hydrogens is 261 g/mol. The predicted octanol–water partition coefficient (Wildman–Crippen LogP) is 3.35. The van der Waals surface area contributed by atoms with Crippen LogP contribution < -0.4 is 0 Å². The summed E-state index contributed by atoms with van der Waals surface area (Å²) >= 11 is 3.10. The van der Waals surface area contributed by atoms with Crippen LogP contribution in [0.4, 0.5) is 13.2 Å². The molecule has 0 amide bonds. The molecule has 0 aliphatic heterocycles. The lowest BCUT2D eigenvalue weighted by atomic mass is 10.0. The van der Waals surface area contributed by atoms with Crippen molar-refractivity contribution in [1.29, 1.82) is 0 Å². The van der Waals surface area contributed by atoms with Crippen molar-refractivity contribution in [1.82, 2.24) is 0 Å². The van der Waals surface area contributed by atoms with Gasteiger partial charge in [0.15, 0.2) is 6.10 Å². The molecule has 0 fully saturated rings. The first-order chi connectivity index (χ1) is 6.34. The van der Waals surface area contributed by atoms with Crippen molar-refractivity contribution in [2.24, 2.45) is 0 Å². The van der Waals surface area contributed by atoms with E-state index in [-0.39, 0.29) is 5.56 Å². The Labute approximate surface area is 87.7 Å². The highest BCUT2D eigenvalue weighted by atomic mass is 79.9. The molecule has 0 bridgehead atoms. The number of rotatable bonds is 1. The Morgan fingerprint density at radius 2 is 1.93 bits per heavy atom. The van der Waals surface area contributed by atoms with Gasteiger partial charge in [0.25, 0.3) is 0 Å². The minimum atomic E-state index is -4.62. The Kier molecular flexibility index (Phi) is 3.21. The molecule has 0 radical (unpaired) electrons. The first-order valence-electron chi connectivity index (χ1n) is 3.84. The minimum Gasteiger partial charge on any atom is -0.379 e. The van der Waals surface area contributed by atoms with Crippen molar-refractivity contribution in [2.45, 2.75) is 19.2 Å². The number of hydrogen-bond donors (Lipinski definition) is 1. The molecule has 1 rings (SSSR count). The maximum Gasteiger partial charge on any atom is 0.418 e. The van der Waals surface area contributed by atoms with E-state index in [2.05, 4.69) is 15.9 Å². The summed E-state index contributed by atoms with van der Waals surface area (Å²) in [6.07, 6.45) is -7.04. The highest BCUT2D eigenvalue weighted by molar-refractivity contribution is 9.10. The average molecular weight is 269 g/mol. The lowest BCUT2D eigenvalue weighted by Gasteiger charge is -2.17. The molecule has 5 heteroatoms. The summed E-state index contributed by atoms with van der Waals surface area (Å²) in [6.45, 7) is 1.52. The minimum absolute atomic E-state index is 0.119. The van der Waals surface area contributed by atoms with Crippen molar-refractivity contribution in [2.75, 3.05) is 0 Å². The molecule has 0 spiro atoms. The Bertz CT molecular complexity index is 335. The van der Waals surface area contributed by atoms with Gasteiger partial charge in [0.1, 0.15) is 0 Å². The number of halogens is 4. The van der Waals surface area contributed by atoms with E-state index in [1.807, 2.05) is 0 Å². The first-order valence-corrected chi connectivity index (χ1v) is 4.63. The topological polar surface area (TPSA) is 20.2 Å². The fraction of sp³-hybridized carbons (Fsp3) is 0.333. The molecule has 1 atom stereocenters. The molecule has 0 saturated heterocycles. The normalized spacial score (nSPS) is 14.1. The van der Waals surface area contributed by atoms with Crippen molar-refractivity contribution in [3.63, 3.8) is 0 Å². The Morgan fingerprint density at radius 3 is 2.43 bits per heavy atom. The highest BCUT2D eigenvalue weighted by Crippen LogP contribution is 2.35. The van der Waals surface area contributed by atoms with E-state index in [4.69, 9.17) is 5.11 Å². The zero-order valence-corrected chi connectivity index (χ0v) is 8.85. The average Bonchev–Trinajstić information content (AvgIpc) is 2.07. The Balaban J connectivity index is 3.14. The van der Waals surface area contributed by atoms with Gasteiger partial charge >= 0.3 is 6.18 Å². The van der Waals surface area contributed by atoms with E-state index in [9.17, 15) is 13.2 Å². The van der Waals surface area contributed by atoms with E-state index in [0.717, 1.165) is 0 Å². The summed E-state index contributed by atoms with van der Waals surface area (Å²) in [5, 5.41) is 9.02. The number of benzene rings is 1. The second-order valence-electron chi connectivity index (χ2n) is 2.90. The van der Waals surface area contributed by atoms with Gasteiger partial charge in [-0.25, -0.2) is 0 Å². The number of hydrogen-bond acceptors (Lipinski definition) is 1. The molecule has 0 aliphatic rings. The van der Waals surface area contributed by atoms with Gasteiger partial charge in [-0.1, -0.05) is 28.1 Å². The third-order valence-corrected chi connectivity index (χ3v) is 2.77. The Morgan fingerprint density at radius 1 is 1.36 bits per heavy atom.